The number of rotatable bonds is 4. The molecule has 0 atom stereocenters. The largest absolute Gasteiger partial charge is 0.387 e. The molecule has 0 spiro atoms. The van der Waals surface area contributed by atoms with Crippen molar-refractivity contribution in [3.63, 3.8) is 0 Å². The van der Waals surface area contributed by atoms with Crippen LogP contribution < -0.4 is 10.6 Å². The maximum atomic E-state index is 12.2. The molecule has 0 radical (unpaired) electrons. The molecule has 0 aromatic heterocycles. The third-order valence-electron chi connectivity index (χ3n) is 5.05. The number of hydrogen-bond acceptors (Lipinski definition) is 2. The van der Waals surface area contributed by atoms with E-state index >= 15 is 0 Å². The molecule has 3 aromatic carbocycles. The first kappa shape index (κ1) is 16.6. The predicted molar refractivity (Wildman–Crippen MR) is 103 cm³/mol. The number of benzene rings is 3. The van der Waals surface area contributed by atoms with E-state index in [4.69, 9.17) is 0 Å². The quantitative estimate of drug-likeness (QED) is 0.679. The van der Waals surface area contributed by atoms with Gasteiger partial charge in [0.25, 0.3) is 0 Å². The van der Waals surface area contributed by atoms with Crippen molar-refractivity contribution in [3.05, 3.63) is 83.4 Å². The monoisotopic (exact) mass is 346 g/mol. The molecule has 3 aromatic rings. The van der Waals surface area contributed by atoms with Crippen LogP contribution in [0.5, 0.6) is 0 Å². The number of carbonyl (C=O) groups is 1. The normalized spacial score (nSPS) is 14.8. The van der Waals surface area contributed by atoms with Gasteiger partial charge in [0.2, 0.25) is 0 Å². The van der Waals surface area contributed by atoms with Crippen LogP contribution in [0.4, 0.5) is 4.79 Å². The van der Waals surface area contributed by atoms with Crippen molar-refractivity contribution in [2.75, 3.05) is 6.54 Å². The Morgan fingerprint density at radius 1 is 0.885 bits per heavy atom. The first-order valence-electron chi connectivity index (χ1n) is 8.90. The smallest absolute Gasteiger partial charge is 0.315 e. The number of carbonyl (C=O) groups excluding carboxylic acids is 1. The zero-order valence-corrected chi connectivity index (χ0v) is 14.5. The Balaban J connectivity index is 1.34. The van der Waals surface area contributed by atoms with Gasteiger partial charge in [0.1, 0.15) is 0 Å². The molecule has 4 rings (SSSR count). The molecule has 26 heavy (non-hydrogen) atoms. The van der Waals surface area contributed by atoms with E-state index in [-0.39, 0.29) is 12.6 Å². The zero-order chi connectivity index (χ0) is 18.0. The molecular weight excluding hydrogens is 324 g/mol. The third-order valence-corrected chi connectivity index (χ3v) is 5.05. The Morgan fingerprint density at radius 3 is 2.31 bits per heavy atom. The zero-order valence-electron chi connectivity index (χ0n) is 14.5. The summed E-state index contributed by atoms with van der Waals surface area (Å²) in [6.45, 7) is 0.689. The molecule has 0 unspecified atom stereocenters. The Labute approximate surface area is 152 Å². The maximum Gasteiger partial charge on any atom is 0.315 e. The summed E-state index contributed by atoms with van der Waals surface area (Å²) in [5.41, 5.74) is 2.49. The maximum absolute atomic E-state index is 12.2. The highest BCUT2D eigenvalue weighted by atomic mass is 16.3. The van der Waals surface area contributed by atoms with E-state index in [9.17, 15) is 9.90 Å². The Morgan fingerprint density at radius 2 is 1.54 bits per heavy atom. The molecule has 0 aliphatic heterocycles. The van der Waals surface area contributed by atoms with Gasteiger partial charge < -0.3 is 15.7 Å². The van der Waals surface area contributed by atoms with E-state index in [0.717, 1.165) is 27.5 Å². The molecule has 4 heteroatoms. The van der Waals surface area contributed by atoms with E-state index in [1.165, 1.54) is 0 Å². The van der Waals surface area contributed by atoms with Crippen LogP contribution in [0.25, 0.3) is 10.8 Å². The van der Waals surface area contributed by atoms with Gasteiger partial charge in [-0.15, -0.1) is 0 Å². The van der Waals surface area contributed by atoms with Crippen molar-refractivity contribution < 1.29 is 9.90 Å². The van der Waals surface area contributed by atoms with Gasteiger partial charge in [-0.2, -0.15) is 0 Å². The number of nitrogens with one attached hydrogen (secondary N) is 2. The fraction of sp³-hybridized carbons (Fsp3) is 0.227. The fourth-order valence-corrected chi connectivity index (χ4v) is 3.73. The van der Waals surface area contributed by atoms with Gasteiger partial charge in [-0.05, 0) is 27.5 Å². The van der Waals surface area contributed by atoms with Crippen molar-refractivity contribution in [1.82, 2.24) is 10.6 Å². The van der Waals surface area contributed by atoms with Crippen molar-refractivity contribution in [2.24, 2.45) is 0 Å². The molecular formula is C22H22N2O2. The van der Waals surface area contributed by atoms with Gasteiger partial charge in [0.15, 0.2) is 0 Å². The summed E-state index contributed by atoms with van der Waals surface area (Å²) in [6.07, 6.45) is 1.15. The molecule has 2 amide bonds. The van der Waals surface area contributed by atoms with Crippen LogP contribution in [0.3, 0.4) is 0 Å². The highest BCUT2D eigenvalue weighted by molar-refractivity contribution is 5.86. The molecule has 0 saturated heterocycles. The van der Waals surface area contributed by atoms with Crippen molar-refractivity contribution in [2.45, 2.75) is 25.0 Å². The van der Waals surface area contributed by atoms with Crippen molar-refractivity contribution >= 4 is 16.8 Å². The highest BCUT2D eigenvalue weighted by Crippen LogP contribution is 2.29. The Hall–Kier alpha value is -2.85. The summed E-state index contributed by atoms with van der Waals surface area (Å²) in [7, 11) is 0. The van der Waals surface area contributed by atoms with E-state index < -0.39 is 5.60 Å². The number of amides is 2. The molecule has 0 heterocycles. The summed E-state index contributed by atoms with van der Waals surface area (Å²) in [6, 6.07) is 22.0. The van der Waals surface area contributed by atoms with Crippen LogP contribution in [-0.2, 0) is 19.4 Å². The van der Waals surface area contributed by atoms with Gasteiger partial charge in [0, 0.05) is 25.9 Å². The van der Waals surface area contributed by atoms with Crippen LogP contribution in [0.1, 0.15) is 16.7 Å². The minimum atomic E-state index is -0.902. The number of urea groups is 1. The Bertz CT molecular complexity index is 921. The van der Waals surface area contributed by atoms with Crippen LogP contribution in [0.2, 0.25) is 0 Å². The highest BCUT2D eigenvalue weighted by Gasteiger charge is 2.35. The van der Waals surface area contributed by atoms with Gasteiger partial charge in [0.05, 0.1) is 5.60 Å². The summed E-state index contributed by atoms with van der Waals surface area (Å²) in [4.78, 5) is 12.2. The number of fused-ring (bicyclic) bond motifs is 2. The van der Waals surface area contributed by atoms with Crippen molar-refractivity contribution in [1.29, 1.82) is 0 Å². The first-order chi connectivity index (χ1) is 12.6. The second-order valence-electron chi connectivity index (χ2n) is 7.02. The summed E-state index contributed by atoms with van der Waals surface area (Å²) in [5, 5.41) is 18.8. The van der Waals surface area contributed by atoms with Gasteiger partial charge in [-0.25, -0.2) is 4.79 Å². The minimum Gasteiger partial charge on any atom is -0.387 e. The SMILES string of the molecule is O=C(NCc1cccc2ccccc12)NCC1(O)Cc2ccccc2C1. The summed E-state index contributed by atoms with van der Waals surface area (Å²) >= 11 is 0. The van der Waals surface area contributed by atoms with Crippen LogP contribution in [-0.4, -0.2) is 23.3 Å². The first-order valence-corrected chi connectivity index (χ1v) is 8.90. The van der Waals surface area contributed by atoms with Crippen LogP contribution in [0.15, 0.2) is 66.7 Å². The lowest BCUT2D eigenvalue weighted by molar-refractivity contribution is 0.0536. The van der Waals surface area contributed by atoms with Gasteiger partial charge in [-0.1, -0.05) is 66.7 Å². The van der Waals surface area contributed by atoms with Crippen LogP contribution >= 0.6 is 0 Å². The van der Waals surface area contributed by atoms with Crippen LogP contribution in [0, 0.1) is 0 Å². The fourth-order valence-electron chi connectivity index (χ4n) is 3.73. The molecule has 3 N–H and O–H groups in total. The Kier molecular flexibility index (Phi) is 4.35. The third kappa shape index (κ3) is 3.41. The number of aliphatic hydroxyl groups is 1. The average Bonchev–Trinajstić information content (AvgIpc) is 3.01. The summed E-state index contributed by atoms with van der Waals surface area (Å²) < 4.78 is 0. The molecule has 132 valence electrons. The molecule has 0 bridgehead atoms. The molecule has 1 aliphatic rings. The second-order valence-corrected chi connectivity index (χ2v) is 7.02. The second kappa shape index (κ2) is 6.81. The lowest BCUT2D eigenvalue weighted by Gasteiger charge is -2.22. The van der Waals surface area contributed by atoms with Gasteiger partial charge >= 0.3 is 6.03 Å². The van der Waals surface area contributed by atoms with E-state index in [0.29, 0.717) is 19.4 Å². The lowest BCUT2D eigenvalue weighted by atomic mass is 10.0. The standard InChI is InChI=1S/C22H22N2O2/c25-21(23-14-19-10-5-9-16-6-3-4-11-20(16)19)24-15-22(26)12-17-7-1-2-8-18(17)13-22/h1-11,26H,12-15H2,(H2,23,24,25). The predicted octanol–water partition coefficient (Wildman–Crippen LogP) is 3.17. The topological polar surface area (TPSA) is 61.4 Å². The van der Waals surface area contributed by atoms with E-state index in [1.54, 1.807) is 0 Å². The van der Waals surface area contributed by atoms with Crippen molar-refractivity contribution in [3.8, 4) is 0 Å². The lowest BCUT2D eigenvalue weighted by Crippen LogP contribution is -2.46. The summed E-state index contributed by atoms with van der Waals surface area (Å²) in [5.74, 6) is 0. The van der Waals surface area contributed by atoms with Gasteiger partial charge in [-0.3, -0.25) is 0 Å². The van der Waals surface area contributed by atoms with E-state index in [2.05, 4.69) is 28.8 Å². The molecule has 1 aliphatic carbocycles. The molecule has 0 saturated carbocycles. The van der Waals surface area contributed by atoms with E-state index in [1.807, 2.05) is 48.5 Å². The molecule has 0 fully saturated rings. The number of hydrogen-bond donors (Lipinski definition) is 3. The average molecular weight is 346 g/mol. The molecule has 4 nitrogen and oxygen atoms in total. The minimum absolute atomic E-state index is 0.239.